The fourth-order valence-electron chi connectivity index (χ4n) is 3.82. The minimum absolute atomic E-state index is 0.872. The molecule has 0 aliphatic rings. The topological polar surface area (TPSA) is 0 Å². The van der Waals surface area contributed by atoms with E-state index >= 15 is 0 Å². The van der Waals surface area contributed by atoms with Crippen molar-refractivity contribution in [3.05, 3.63) is 0 Å². The molecule has 0 saturated carbocycles. The van der Waals surface area contributed by atoms with E-state index < -0.39 is 0 Å². The van der Waals surface area contributed by atoms with E-state index in [1.807, 2.05) is 0 Å². The SMILES string of the molecule is CCCCCC(C)CCCCC(CCCC(C)CC)CC(C)C. The van der Waals surface area contributed by atoms with Gasteiger partial charge in [0.2, 0.25) is 0 Å². The van der Waals surface area contributed by atoms with Gasteiger partial charge in [-0.1, -0.05) is 119 Å². The zero-order valence-corrected chi connectivity index (χ0v) is 17.5. The molecule has 0 saturated heterocycles. The van der Waals surface area contributed by atoms with Gasteiger partial charge in [0.25, 0.3) is 0 Å². The smallest absolute Gasteiger partial charge is 0.0412 e. The zero-order valence-electron chi connectivity index (χ0n) is 17.5. The first-order chi connectivity index (χ1) is 11.0. The number of hydrogen-bond donors (Lipinski definition) is 0. The summed E-state index contributed by atoms with van der Waals surface area (Å²) in [6.45, 7) is 14.3. The molecular weight excluding hydrogens is 276 g/mol. The van der Waals surface area contributed by atoms with E-state index in [0.717, 1.165) is 23.7 Å². The fourth-order valence-corrected chi connectivity index (χ4v) is 3.82. The lowest BCUT2D eigenvalue weighted by Crippen LogP contribution is -2.06. The number of rotatable bonds is 16. The summed E-state index contributed by atoms with van der Waals surface area (Å²) in [7, 11) is 0. The van der Waals surface area contributed by atoms with Crippen LogP contribution in [0.2, 0.25) is 0 Å². The highest BCUT2D eigenvalue weighted by molar-refractivity contribution is 4.65. The Morgan fingerprint density at radius 2 is 1.09 bits per heavy atom. The van der Waals surface area contributed by atoms with Crippen LogP contribution < -0.4 is 0 Å². The van der Waals surface area contributed by atoms with Crippen LogP contribution in [-0.4, -0.2) is 0 Å². The molecule has 0 spiro atoms. The molecule has 0 amide bonds. The molecule has 0 aromatic heterocycles. The number of hydrogen-bond acceptors (Lipinski definition) is 0. The first kappa shape index (κ1) is 23.0. The Balaban J connectivity index is 3.82. The summed E-state index contributed by atoms with van der Waals surface area (Å²) >= 11 is 0. The van der Waals surface area contributed by atoms with E-state index in [1.54, 1.807) is 0 Å². The summed E-state index contributed by atoms with van der Waals surface area (Å²) in [5.74, 6) is 3.75. The van der Waals surface area contributed by atoms with Crippen molar-refractivity contribution in [2.24, 2.45) is 23.7 Å². The molecule has 0 aliphatic carbocycles. The molecule has 0 aliphatic heterocycles. The maximum Gasteiger partial charge on any atom is -0.0412 e. The lowest BCUT2D eigenvalue weighted by atomic mass is 9.86. The highest BCUT2D eigenvalue weighted by Gasteiger charge is 2.12. The molecule has 0 aromatic carbocycles. The van der Waals surface area contributed by atoms with E-state index in [9.17, 15) is 0 Å². The van der Waals surface area contributed by atoms with Gasteiger partial charge in [-0.05, 0) is 30.1 Å². The lowest BCUT2D eigenvalue weighted by molar-refractivity contribution is 0.325. The van der Waals surface area contributed by atoms with Crippen molar-refractivity contribution in [2.75, 3.05) is 0 Å². The summed E-state index contributed by atoms with van der Waals surface area (Å²) in [5, 5.41) is 0. The predicted molar refractivity (Wildman–Crippen MR) is 108 cm³/mol. The molecule has 23 heavy (non-hydrogen) atoms. The summed E-state index contributed by atoms with van der Waals surface area (Å²) in [6.07, 6.45) is 18.8. The summed E-state index contributed by atoms with van der Waals surface area (Å²) in [5.41, 5.74) is 0. The van der Waals surface area contributed by atoms with Gasteiger partial charge in [0.15, 0.2) is 0 Å². The van der Waals surface area contributed by atoms with Crippen molar-refractivity contribution in [3.8, 4) is 0 Å². The summed E-state index contributed by atoms with van der Waals surface area (Å²) < 4.78 is 0. The molecule has 0 N–H and O–H groups in total. The van der Waals surface area contributed by atoms with Gasteiger partial charge in [0, 0.05) is 0 Å². The fraction of sp³-hybridized carbons (Fsp3) is 1.00. The Bertz CT molecular complexity index is 230. The molecule has 0 fully saturated rings. The minimum Gasteiger partial charge on any atom is -0.0654 e. The largest absolute Gasteiger partial charge is 0.0654 e. The minimum atomic E-state index is 0.872. The number of unbranched alkanes of at least 4 members (excludes halogenated alkanes) is 3. The first-order valence-electron chi connectivity index (χ1n) is 11.0. The predicted octanol–water partition coefficient (Wildman–Crippen LogP) is 8.64. The molecular formula is C23H48. The third kappa shape index (κ3) is 15.3. The maximum atomic E-state index is 2.47. The van der Waals surface area contributed by atoms with Crippen LogP contribution >= 0.6 is 0 Å². The Labute approximate surface area is 149 Å². The molecule has 0 heterocycles. The molecule has 0 heteroatoms. The molecule has 0 rings (SSSR count). The third-order valence-electron chi connectivity index (χ3n) is 5.67. The Morgan fingerprint density at radius 3 is 1.65 bits per heavy atom. The lowest BCUT2D eigenvalue weighted by Gasteiger charge is -2.20. The molecule has 3 atom stereocenters. The van der Waals surface area contributed by atoms with Crippen molar-refractivity contribution in [3.63, 3.8) is 0 Å². The van der Waals surface area contributed by atoms with Crippen LogP contribution in [0.15, 0.2) is 0 Å². The standard InChI is InChI=1S/C23H48/c1-7-9-10-14-22(6)15-11-12-17-23(19-20(3)4)18-13-16-21(5)8-2/h20-23H,7-19H2,1-6H3. The van der Waals surface area contributed by atoms with E-state index in [2.05, 4.69) is 41.5 Å². The van der Waals surface area contributed by atoms with Gasteiger partial charge in [-0.25, -0.2) is 0 Å². The van der Waals surface area contributed by atoms with E-state index in [0.29, 0.717) is 0 Å². The van der Waals surface area contributed by atoms with Crippen LogP contribution in [0.3, 0.4) is 0 Å². The van der Waals surface area contributed by atoms with Gasteiger partial charge in [0.1, 0.15) is 0 Å². The Kier molecular flexibility index (Phi) is 15.5. The second-order valence-corrected chi connectivity index (χ2v) is 8.83. The molecule has 3 unspecified atom stereocenters. The Hall–Kier alpha value is 0. The monoisotopic (exact) mass is 324 g/mol. The van der Waals surface area contributed by atoms with Crippen LogP contribution in [0, 0.1) is 23.7 Å². The van der Waals surface area contributed by atoms with Gasteiger partial charge in [-0.2, -0.15) is 0 Å². The third-order valence-corrected chi connectivity index (χ3v) is 5.67. The van der Waals surface area contributed by atoms with Gasteiger partial charge < -0.3 is 0 Å². The molecule has 0 aromatic rings. The average molecular weight is 325 g/mol. The van der Waals surface area contributed by atoms with Crippen LogP contribution in [0.5, 0.6) is 0 Å². The highest BCUT2D eigenvalue weighted by Crippen LogP contribution is 2.26. The van der Waals surface area contributed by atoms with Crippen molar-refractivity contribution in [2.45, 2.75) is 125 Å². The average Bonchev–Trinajstić information content (AvgIpc) is 2.50. The van der Waals surface area contributed by atoms with Crippen LogP contribution in [0.1, 0.15) is 125 Å². The van der Waals surface area contributed by atoms with Crippen LogP contribution in [0.4, 0.5) is 0 Å². The van der Waals surface area contributed by atoms with Crippen molar-refractivity contribution >= 4 is 0 Å². The quantitative estimate of drug-likeness (QED) is 0.249. The van der Waals surface area contributed by atoms with Crippen LogP contribution in [0.25, 0.3) is 0 Å². The van der Waals surface area contributed by atoms with Gasteiger partial charge >= 0.3 is 0 Å². The summed E-state index contributed by atoms with van der Waals surface area (Å²) in [6, 6.07) is 0. The van der Waals surface area contributed by atoms with Gasteiger partial charge in [-0.15, -0.1) is 0 Å². The molecule has 0 bridgehead atoms. The van der Waals surface area contributed by atoms with E-state index in [4.69, 9.17) is 0 Å². The second kappa shape index (κ2) is 15.5. The van der Waals surface area contributed by atoms with E-state index in [-0.39, 0.29) is 0 Å². The first-order valence-corrected chi connectivity index (χ1v) is 11.0. The second-order valence-electron chi connectivity index (χ2n) is 8.83. The maximum absolute atomic E-state index is 2.47. The highest BCUT2D eigenvalue weighted by atomic mass is 14.2. The van der Waals surface area contributed by atoms with Crippen molar-refractivity contribution < 1.29 is 0 Å². The van der Waals surface area contributed by atoms with Crippen molar-refractivity contribution in [1.29, 1.82) is 0 Å². The van der Waals surface area contributed by atoms with Gasteiger partial charge in [-0.3, -0.25) is 0 Å². The normalized spacial score (nSPS) is 15.8. The van der Waals surface area contributed by atoms with Gasteiger partial charge in [0.05, 0.1) is 0 Å². The molecule has 140 valence electrons. The molecule has 0 nitrogen and oxygen atoms in total. The van der Waals surface area contributed by atoms with Crippen LogP contribution in [-0.2, 0) is 0 Å². The summed E-state index contributed by atoms with van der Waals surface area (Å²) in [4.78, 5) is 0. The Morgan fingerprint density at radius 1 is 0.565 bits per heavy atom. The van der Waals surface area contributed by atoms with E-state index in [1.165, 1.54) is 83.5 Å². The molecule has 0 radical (unpaired) electrons. The van der Waals surface area contributed by atoms with Crippen molar-refractivity contribution in [1.82, 2.24) is 0 Å². The zero-order chi connectivity index (χ0) is 17.5.